The van der Waals surface area contributed by atoms with Crippen LogP contribution in [0.25, 0.3) is 0 Å². The van der Waals surface area contributed by atoms with E-state index < -0.39 is 0 Å². The first-order valence-corrected chi connectivity index (χ1v) is 7.68. The van der Waals surface area contributed by atoms with Crippen LogP contribution in [-0.4, -0.2) is 24.7 Å². The molecule has 0 spiro atoms. The van der Waals surface area contributed by atoms with Gasteiger partial charge in [0.2, 0.25) is 0 Å². The summed E-state index contributed by atoms with van der Waals surface area (Å²) in [5.74, 6) is 0.809. The summed E-state index contributed by atoms with van der Waals surface area (Å²) in [5, 5.41) is 14.1. The zero-order chi connectivity index (χ0) is 14.4. The Labute approximate surface area is 127 Å². The van der Waals surface area contributed by atoms with Gasteiger partial charge in [0, 0.05) is 25.8 Å². The van der Waals surface area contributed by atoms with E-state index in [1.807, 2.05) is 6.07 Å². The molecule has 110 valence electrons. The molecule has 20 heavy (non-hydrogen) atoms. The summed E-state index contributed by atoms with van der Waals surface area (Å²) in [6.45, 7) is 3.14. The van der Waals surface area contributed by atoms with Crippen molar-refractivity contribution in [3.63, 3.8) is 0 Å². The van der Waals surface area contributed by atoms with Crippen molar-refractivity contribution in [2.75, 3.05) is 19.8 Å². The highest BCUT2D eigenvalue weighted by molar-refractivity contribution is 9.10. The fraction of sp³-hybridized carbons (Fsp3) is 0.571. The first-order valence-electron chi connectivity index (χ1n) is 6.88. The van der Waals surface area contributed by atoms with E-state index in [1.165, 1.54) is 18.9 Å². The Balaban J connectivity index is 1.65. The third kappa shape index (κ3) is 4.85. The first kappa shape index (κ1) is 15.4. The van der Waals surface area contributed by atoms with E-state index in [4.69, 9.17) is 4.74 Å². The molecule has 1 saturated carbocycles. The minimum atomic E-state index is -0.376. The van der Waals surface area contributed by atoms with Gasteiger partial charge in [0.1, 0.15) is 0 Å². The molecule has 1 aliphatic carbocycles. The van der Waals surface area contributed by atoms with Crippen molar-refractivity contribution in [1.82, 2.24) is 5.32 Å². The number of hydrogen-bond donors (Lipinski definition) is 1. The van der Waals surface area contributed by atoms with Crippen LogP contribution in [-0.2, 0) is 11.3 Å². The van der Waals surface area contributed by atoms with Crippen LogP contribution >= 0.6 is 15.9 Å². The topological polar surface area (TPSA) is 64.4 Å². The van der Waals surface area contributed by atoms with Gasteiger partial charge in [0.15, 0.2) is 0 Å². The van der Waals surface area contributed by atoms with Crippen molar-refractivity contribution in [3.8, 4) is 0 Å². The standard InChI is InChI=1S/C14H19BrN2O3/c15-14-12(3-1-4-13(14)17(18)19)9-16-7-2-8-20-10-11-5-6-11/h1,3-4,11,16H,2,5-10H2. The Morgan fingerprint density at radius 1 is 1.45 bits per heavy atom. The Hall–Kier alpha value is -0.980. The monoisotopic (exact) mass is 342 g/mol. The second-order valence-corrected chi connectivity index (χ2v) is 5.85. The molecule has 2 rings (SSSR count). The van der Waals surface area contributed by atoms with E-state index >= 15 is 0 Å². The Morgan fingerprint density at radius 2 is 2.25 bits per heavy atom. The summed E-state index contributed by atoms with van der Waals surface area (Å²) in [5.41, 5.74) is 1.01. The molecule has 1 aromatic carbocycles. The minimum absolute atomic E-state index is 0.108. The van der Waals surface area contributed by atoms with Crippen LogP contribution in [0, 0.1) is 16.0 Å². The lowest BCUT2D eigenvalue weighted by Crippen LogP contribution is -2.17. The van der Waals surface area contributed by atoms with Gasteiger partial charge in [0.25, 0.3) is 5.69 Å². The van der Waals surface area contributed by atoms with Crippen LogP contribution in [0.5, 0.6) is 0 Å². The smallest absolute Gasteiger partial charge is 0.283 e. The molecule has 1 N–H and O–H groups in total. The second-order valence-electron chi connectivity index (χ2n) is 5.06. The van der Waals surface area contributed by atoms with Gasteiger partial charge in [-0.3, -0.25) is 10.1 Å². The van der Waals surface area contributed by atoms with Crippen molar-refractivity contribution in [2.24, 2.45) is 5.92 Å². The van der Waals surface area contributed by atoms with Crippen LogP contribution in [0.3, 0.4) is 0 Å². The average molecular weight is 343 g/mol. The molecular weight excluding hydrogens is 324 g/mol. The van der Waals surface area contributed by atoms with E-state index in [0.29, 0.717) is 11.0 Å². The number of nitrogens with one attached hydrogen (secondary N) is 1. The fourth-order valence-electron chi connectivity index (χ4n) is 1.90. The van der Waals surface area contributed by atoms with Crippen molar-refractivity contribution in [2.45, 2.75) is 25.8 Å². The largest absolute Gasteiger partial charge is 0.381 e. The van der Waals surface area contributed by atoms with Crippen LogP contribution in [0.1, 0.15) is 24.8 Å². The molecule has 0 aromatic heterocycles. The van der Waals surface area contributed by atoms with Crippen molar-refractivity contribution < 1.29 is 9.66 Å². The van der Waals surface area contributed by atoms with E-state index in [1.54, 1.807) is 6.07 Å². The number of halogens is 1. The predicted molar refractivity (Wildman–Crippen MR) is 80.7 cm³/mol. The average Bonchev–Trinajstić information content (AvgIpc) is 3.23. The van der Waals surface area contributed by atoms with E-state index in [-0.39, 0.29) is 10.6 Å². The van der Waals surface area contributed by atoms with E-state index in [0.717, 1.165) is 37.7 Å². The van der Waals surface area contributed by atoms with Gasteiger partial charge in [-0.05, 0) is 53.2 Å². The lowest BCUT2D eigenvalue weighted by molar-refractivity contribution is -0.385. The molecule has 0 radical (unpaired) electrons. The van der Waals surface area contributed by atoms with Crippen molar-refractivity contribution in [1.29, 1.82) is 0 Å². The zero-order valence-corrected chi connectivity index (χ0v) is 12.9. The highest BCUT2D eigenvalue weighted by Crippen LogP contribution is 2.29. The summed E-state index contributed by atoms with van der Waals surface area (Å²) in [7, 11) is 0. The van der Waals surface area contributed by atoms with Gasteiger partial charge in [-0.25, -0.2) is 0 Å². The second kappa shape index (κ2) is 7.71. The van der Waals surface area contributed by atoms with Gasteiger partial charge < -0.3 is 10.1 Å². The van der Waals surface area contributed by atoms with Gasteiger partial charge in [-0.2, -0.15) is 0 Å². The Bertz CT molecular complexity index is 464. The van der Waals surface area contributed by atoms with Crippen molar-refractivity contribution in [3.05, 3.63) is 38.3 Å². The maximum absolute atomic E-state index is 10.8. The molecule has 1 fully saturated rings. The van der Waals surface area contributed by atoms with E-state index in [9.17, 15) is 10.1 Å². The summed E-state index contributed by atoms with van der Waals surface area (Å²) in [6.07, 6.45) is 3.59. The molecule has 0 amide bonds. The van der Waals surface area contributed by atoms with Gasteiger partial charge in [-0.15, -0.1) is 0 Å². The molecule has 0 heterocycles. The molecule has 1 aromatic rings. The molecule has 0 saturated heterocycles. The number of rotatable bonds is 9. The Morgan fingerprint density at radius 3 is 2.95 bits per heavy atom. The maximum atomic E-state index is 10.8. The first-order chi connectivity index (χ1) is 9.68. The third-order valence-corrected chi connectivity index (χ3v) is 4.18. The summed E-state index contributed by atoms with van der Waals surface area (Å²) in [6, 6.07) is 5.09. The van der Waals surface area contributed by atoms with Crippen LogP contribution in [0.15, 0.2) is 22.7 Å². The normalized spacial score (nSPS) is 14.4. The molecule has 0 unspecified atom stereocenters. The van der Waals surface area contributed by atoms with Crippen molar-refractivity contribution >= 4 is 21.6 Å². The maximum Gasteiger partial charge on any atom is 0.283 e. The molecule has 1 aliphatic rings. The van der Waals surface area contributed by atoms with Gasteiger partial charge >= 0.3 is 0 Å². The number of nitrogens with zero attached hydrogens (tertiary/aromatic N) is 1. The molecule has 0 bridgehead atoms. The summed E-state index contributed by atoms with van der Waals surface area (Å²) in [4.78, 5) is 10.4. The number of nitro groups is 1. The summed E-state index contributed by atoms with van der Waals surface area (Å²) >= 11 is 3.29. The van der Waals surface area contributed by atoms with Crippen LogP contribution < -0.4 is 5.32 Å². The molecule has 0 atom stereocenters. The van der Waals surface area contributed by atoms with Crippen LogP contribution in [0.2, 0.25) is 0 Å². The third-order valence-electron chi connectivity index (χ3n) is 3.26. The van der Waals surface area contributed by atoms with E-state index in [2.05, 4.69) is 21.2 Å². The zero-order valence-electron chi connectivity index (χ0n) is 11.3. The Kier molecular flexibility index (Phi) is 5.94. The number of benzene rings is 1. The lowest BCUT2D eigenvalue weighted by Gasteiger charge is -2.07. The number of nitro benzene ring substituents is 1. The highest BCUT2D eigenvalue weighted by Gasteiger charge is 2.20. The summed E-state index contributed by atoms with van der Waals surface area (Å²) < 4.78 is 6.10. The lowest BCUT2D eigenvalue weighted by atomic mass is 10.2. The number of ether oxygens (including phenoxy) is 1. The molecular formula is C14H19BrN2O3. The number of hydrogen-bond acceptors (Lipinski definition) is 4. The predicted octanol–water partition coefficient (Wildman–Crippen LogP) is 3.26. The molecule has 0 aliphatic heterocycles. The van der Waals surface area contributed by atoms with Gasteiger partial charge in [0.05, 0.1) is 9.40 Å². The minimum Gasteiger partial charge on any atom is -0.381 e. The molecule has 6 heteroatoms. The van der Waals surface area contributed by atoms with Gasteiger partial charge in [-0.1, -0.05) is 12.1 Å². The quantitative estimate of drug-likeness (QED) is 0.425. The highest BCUT2D eigenvalue weighted by atomic mass is 79.9. The fourth-order valence-corrected chi connectivity index (χ4v) is 2.45. The van der Waals surface area contributed by atoms with Crippen LogP contribution in [0.4, 0.5) is 5.69 Å². The molecule has 5 nitrogen and oxygen atoms in total. The SMILES string of the molecule is O=[N+]([O-])c1cccc(CNCCCOCC2CC2)c1Br.